The van der Waals surface area contributed by atoms with Gasteiger partial charge in [-0.3, -0.25) is 0 Å². The highest BCUT2D eigenvalue weighted by molar-refractivity contribution is 5.38. The van der Waals surface area contributed by atoms with Gasteiger partial charge in [0.05, 0.1) is 0 Å². The van der Waals surface area contributed by atoms with Crippen LogP contribution in [0.5, 0.6) is 0 Å². The van der Waals surface area contributed by atoms with Crippen LogP contribution in [-0.2, 0) is 0 Å². The maximum atomic E-state index is 4.25. The first-order chi connectivity index (χ1) is 9.26. The molecule has 0 spiro atoms. The molecule has 0 N–H and O–H groups in total. The van der Waals surface area contributed by atoms with Crippen LogP contribution in [0.1, 0.15) is 13.8 Å². The summed E-state index contributed by atoms with van der Waals surface area (Å²) in [6, 6.07) is 0. The Balaban J connectivity index is 2.23. The number of rotatable bonds is 6. The summed E-state index contributed by atoms with van der Waals surface area (Å²) in [5, 5.41) is 0. The van der Waals surface area contributed by atoms with E-state index in [0.29, 0.717) is 11.8 Å². The maximum absolute atomic E-state index is 4.25. The molecule has 0 aliphatic heterocycles. The molecule has 0 aromatic rings. The second-order valence-electron chi connectivity index (χ2n) is 4.91. The van der Waals surface area contributed by atoms with Gasteiger partial charge in [0, 0.05) is 30.6 Å². The first-order valence-corrected chi connectivity index (χ1v) is 7.11. The minimum Gasteiger partial charge on any atom is -0.375 e. The average Bonchev–Trinajstić information content (AvgIpc) is 3.12. The fraction of sp³-hybridized carbons (Fsp3) is 0.333. The molecule has 0 heterocycles. The molecule has 0 aromatic heterocycles. The van der Waals surface area contributed by atoms with Gasteiger partial charge in [-0.05, 0) is 25.5 Å². The second kappa shape index (κ2) is 6.42. The van der Waals surface area contributed by atoms with Crippen LogP contribution in [0, 0.1) is 11.8 Å². The first-order valence-electron chi connectivity index (χ1n) is 7.11. The van der Waals surface area contributed by atoms with Crippen molar-refractivity contribution in [3.8, 4) is 0 Å². The molecule has 0 unspecified atom stereocenters. The van der Waals surface area contributed by atoms with Gasteiger partial charge in [-0.25, -0.2) is 0 Å². The maximum Gasteiger partial charge on any atom is 0.0355 e. The summed E-state index contributed by atoms with van der Waals surface area (Å²) in [6.45, 7) is 10.7. The van der Waals surface area contributed by atoms with Crippen LogP contribution in [0.3, 0.4) is 0 Å². The van der Waals surface area contributed by atoms with Crippen LogP contribution in [0.4, 0.5) is 0 Å². The highest BCUT2D eigenvalue weighted by atomic mass is 15.1. The summed E-state index contributed by atoms with van der Waals surface area (Å²) in [5.74, 6) is 0.755. The quantitative estimate of drug-likeness (QED) is 0.640. The molecule has 2 rings (SSSR count). The monoisotopic (exact) mass is 253 g/mol. The van der Waals surface area contributed by atoms with Crippen molar-refractivity contribution in [2.45, 2.75) is 13.8 Å². The Labute approximate surface area is 117 Å². The van der Waals surface area contributed by atoms with Crippen molar-refractivity contribution in [3.63, 3.8) is 0 Å². The van der Waals surface area contributed by atoms with Crippen molar-refractivity contribution in [2.75, 3.05) is 13.1 Å². The van der Waals surface area contributed by atoms with Crippen molar-refractivity contribution >= 4 is 0 Å². The van der Waals surface area contributed by atoms with E-state index >= 15 is 0 Å². The molecule has 100 valence electrons. The van der Waals surface area contributed by atoms with Crippen molar-refractivity contribution in [2.24, 2.45) is 11.8 Å². The molecule has 0 fully saturated rings. The summed E-state index contributed by atoms with van der Waals surface area (Å²) in [6.07, 6.45) is 19.6. The average molecular weight is 253 g/mol. The summed E-state index contributed by atoms with van der Waals surface area (Å²) in [5.41, 5.74) is 2.52. The Bertz CT molecular complexity index is 446. The van der Waals surface area contributed by atoms with E-state index in [1.54, 1.807) is 0 Å². The lowest BCUT2D eigenvalue weighted by Gasteiger charge is -2.28. The predicted molar refractivity (Wildman–Crippen MR) is 83.7 cm³/mol. The molecular formula is C18H23N. The van der Waals surface area contributed by atoms with Gasteiger partial charge in [0.25, 0.3) is 0 Å². The number of hydrogen-bond donors (Lipinski definition) is 0. The van der Waals surface area contributed by atoms with E-state index in [2.05, 4.69) is 80.0 Å². The Morgan fingerprint density at radius 2 is 1.42 bits per heavy atom. The molecule has 0 aromatic carbocycles. The van der Waals surface area contributed by atoms with E-state index in [-0.39, 0.29) is 0 Å². The fourth-order valence-corrected chi connectivity index (χ4v) is 2.58. The molecular weight excluding hydrogens is 230 g/mol. The Kier molecular flexibility index (Phi) is 4.62. The molecule has 0 amide bonds. The van der Waals surface area contributed by atoms with Gasteiger partial charge < -0.3 is 4.90 Å². The van der Waals surface area contributed by atoms with Gasteiger partial charge in [0.2, 0.25) is 0 Å². The van der Waals surface area contributed by atoms with Crippen LogP contribution in [0.15, 0.2) is 72.5 Å². The Morgan fingerprint density at radius 3 is 1.89 bits per heavy atom. The van der Waals surface area contributed by atoms with Crippen molar-refractivity contribution in [1.82, 2.24) is 4.90 Å². The highest BCUT2D eigenvalue weighted by Gasteiger charge is 2.17. The van der Waals surface area contributed by atoms with E-state index < -0.39 is 0 Å². The number of nitrogens with zero attached hydrogens (tertiary/aromatic N) is 1. The standard InChI is InChI=1S/C18H23N/c1-4-19(5-2)18(17-12-8-9-13-17)14-15(3)16-10-6-7-11-16/h6-14,16-17H,3-5H2,1-2H3/b18-14+. The van der Waals surface area contributed by atoms with Crippen molar-refractivity contribution in [3.05, 3.63) is 72.5 Å². The molecule has 0 radical (unpaired) electrons. The van der Waals surface area contributed by atoms with Crippen molar-refractivity contribution < 1.29 is 0 Å². The summed E-state index contributed by atoms with van der Waals surface area (Å²) in [7, 11) is 0. The molecule has 1 nitrogen and oxygen atoms in total. The SMILES string of the molecule is C=C(/C=C(\C1C=CC=C1)N(CC)CC)C1C=CC=C1. The van der Waals surface area contributed by atoms with Gasteiger partial charge in [-0.1, -0.05) is 55.2 Å². The predicted octanol–water partition coefficient (Wildman–Crippen LogP) is 4.25. The fourth-order valence-electron chi connectivity index (χ4n) is 2.58. The van der Waals surface area contributed by atoms with Crippen LogP contribution in [0.2, 0.25) is 0 Å². The lowest BCUT2D eigenvalue weighted by atomic mass is 9.97. The number of hydrogen-bond acceptors (Lipinski definition) is 1. The highest BCUT2D eigenvalue weighted by Crippen LogP contribution is 2.27. The second-order valence-corrected chi connectivity index (χ2v) is 4.91. The zero-order chi connectivity index (χ0) is 13.7. The minimum atomic E-state index is 0.361. The van der Waals surface area contributed by atoms with E-state index in [9.17, 15) is 0 Å². The zero-order valence-electron chi connectivity index (χ0n) is 11.9. The van der Waals surface area contributed by atoms with E-state index in [1.807, 2.05) is 0 Å². The molecule has 0 saturated carbocycles. The van der Waals surface area contributed by atoms with Gasteiger partial charge in [0.1, 0.15) is 0 Å². The van der Waals surface area contributed by atoms with E-state index in [1.165, 1.54) is 11.3 Å². The zero-order valence-corrected chi connectivity index (χ0v) is 11.9. The summed E-state index contributed by atoms with van der Waals surface area (Å²) < 4.78 is 0. The third-order valence-corrected chi connectivity index (χ3v) is 3.73. The normalized spacial score (nSPS) is 18.7. The molecule has 2 aliphatic carbocycles. The topological polar surface area (TPSA) is 3.24 Å². The molecule has 0 saturated heterocycles. The van der Waals surface area contributed by atoms with E-state index in [0.717, 1.165) is 13.1 Å². The van der Waals surface area contributed by atoms with Gasteiger partial charge >= 0.3 is 0 Å². The number of allylic oxidation sites excluding steroid dienone is 9. The lowest BCUT2D eigenvalue weighted by Crippen LogP contribution is -2.26. The first kappa shape index (κ1) is 13.7. The molecule has 2 aliphatic rings. The van der Waals surface area contributed by atoms with E-state index in [4.69, 9.17) is 0 Å². The van der Waals surface area contributed by atoms with Crippen LogP contribution in [-0.4, -0.2) is 18.0 Å². The smallest absolute Gasteiger partial charge is 0.0355 e. The third-order valence-electron chi connectivity index (χ3n) is 3.73. The molecule has 19 heavy (non-hydrogen) atoms. The molecule has 0 bridgehead atoms. The van der Waals surface area contributed by atoms with Crippen LogP contribution < -0.4 is 0 Å². The third kappa shape index (κ3) is 3.17. The van der Waals surface area contributed by atoms with Gasteiger partial charge in [-0.2, -0.15) is 0 Å². The molecule has 1 heteroatoms. The molecule has 0 atom stereocenters. The minimum absolute atomic E-state index is 0.361. The Morgan fingerprint density at radius 1 is 0.947 bits per heavy atom. The van der Waals surface area contributed by atoms with Crippen LogP contribution in [0.25, 0.3) is 0 Å². The van der Waals surface area contributed by atoms with Crippen LogP contribution >= 0.6 is 0 Å². The van der Waals surface area contributed by atoms with Gasteiger partial charge in [0.15, 0.2) is 0 Å². The summed E-state index contributed by atoms with van der Waals surface area (Å²) >= 11 is 0. The Hall–Kier alpha value is -1.76. The lowest BCUT2D eigenvalue weighted by molar-refractivity contribution is 0.360. The van der Waals surface area contributed by atoms with Crippen molar-refractivity contribution in [1.29, 1.82) is 0 Å². The largest absolute Gasteiger partial charge is 0.375 e. The summed E-state index contributed by atoms with van der Waals surface area (Å²) in [4.78, 5) is 2.41. The van der Waals surface area contributed by atoms with Gasteiger partial charge in [-0.15, -0.1) is 0 Å².